The van der Waals surface area contributed by atoms with Gasteiger partial charge in [0.15, 0.2) is 0 Å². The summed E-state index contributed by atoms with van der Waals surface area (Å²) in [4.78, 5) is 15.3. The van der Waals surface area contributed by atoms with Crippen LogP contribution in [-0.2, 0) is 24.4 Å². The van der Waals surface area contributed by atoms with E-state index in [-0.39, 0.29) is 5.91 Å². The Labute approximate surface area is 116 Å². The summed E-state index contributed by atoms with van der Waals surface area (Å²) >= 11 is 1.67. The minimum absolute atomic E-state index is 0.0983. The van der Waals surface area contributed by atoms with E-state index >= 15 is 0 Å². The van der Waals surface area contributed by atoms with Crippen LogP contribution in [0.3, 0.4) is 0 Å². The van der Waals surface area contributed by atoms with Crippen LogP contribution in [0.2, 0.25) is 0 Å². The molecule has 0 saturated heterocycles. The standard InChI is InChI=1S/C15H16N2OS/c18-15(16-8-14-6-3-7-19-14)11-17-9-12-4-1-2-5-13(12)10-17/h1-7H,8-11H2,(H,16,18). The maximum atomic E-state index is 11.9. The molecule has 2 aromatic rings. The molecule has 0 saturated carbocycles. The van der Waals surface area contributed by atoms with Crippen molar-refractivity contribution in [2.24, 2.45) is 0 Å². The fourth-order valence-corrected chi connectivity index (χ4v) is 3.02. The number of thiophene rings is 1. The minimum atomic E-state index is 0.0983. The van der Waals surface area contributed by atoms with Crippen molar-refractivity contribution in [1.29, 1.82) is 0 Å². The van der Waals surface area contributed by atoms with Crippen LogP contribution in [0.25, 0.3) is 0 Å². The van der Waals surface area contributed by atoms with Gasteiger partial charge < -0.3 is 5.32 Å². The second-order valence-electron chi connectivity index (χ2n) is 4.77. The molecule has 1 aromatic heterocycles. The van der Waals surface area contributed by atoms with Crippen LogP contribution in [-0.4, -0.2) is 17.4 Å². The van der Waals surface area contributed by atoms with Crippen molar-refractivity contribution in [1.82, 2.24) is 10.2 Å². The van der Waals surface area contributed by atoms with Crippen LogP contribution in [0.4, 0.5) is 0 Å². The van der Waals surface area contributed by atoms with E-state index in [4.69, 9.17) is 0 Å². The lowest BCUT2D eigenvalue weighted by Gasteiger charge is -2.14. The van der Waals surface area contributed by atoms with Crippen LogP contribution >= 0.6 is 11.3 Å². The molecule has 2 heterocycles. The second-order valence-corrected chi connectivity index (χ2v) is 5.80. The molecule has 1 aliphatic rings. The molecule has 0 radical (unpaired) electrons. The zero-order valence-electron chi connectivity index (χ0n) is 10.6. The highest BCUT2D eigenvalue weighted by molar-refractivity contribution is 7.09. The zero-order chi connectivity index (χ0) is 13.1. The first-order chi connectivity index (χ1) is 9.31. The maximum Gasteiger partial charge on any atom is 0.234 e. The SMILES string of the molecule is O=C(CN1Cc2ccccc2C1)NCc1cccs1. The lowest BCUT2D eigenvalue weighted by molar-refractivity contribution is -0.122. The molecule has 0 atom stereocenters. The number of rotatable bonds is 4. The van der Waals surface area contributed by atoms with Gasteiger partial charge in [-0.2, -0.15) is 0 Å². The van der Waals surface area contributed by atoms with Crippen molar-refractivity contribution in [2.45, 2.75) is 19.6 Å². The molecule has 1 aliphatic heterocycles. The van der Waals surface area contributed by atoms with Crippen LogP contribution in [0, 0.1) is 0 Å². The summed E-state index contributed by atoms with van der Waals surface area (Å²) in [5, 5.41) is 4.99. The van der Waals surface area contributed by atoms with Crippen molar-refractivity contribution in [3.05, 3.63) is 57.8 Å². The van der Waals surface area contributed by atoms with Crippen molar-refractivity contribution in [2.75, 3.05) is 6.54 Å². The van der Waals surface area contributed by atoms with E-state index in [1.54, 1.807) is 11.3 Å². The highest BCUT2D eigenvalue weighted by atomic mass is 32.1. The van der Waals surface area contributed by atoms with Crippen LogP contribution < -0.4 is 5.32 Å². The first-order valence-electron chi connectivity index (χ1n) is 6.39. The number of carbonyl (C=O) groups excluding carboxylic acids is 1. The molecule has 19 heavy (non-hydrogen) atoms. The molecule has 1 aromatic carbocycles. The summed E-state index contributed by atoms with van der Waals surface area (Å²) in [7, 11) is 0. The summed E-state index contributed by atoms with van der Waals surface area (Å²) in [6, 6.07) is 12.4. The summed E-state index contributed by atoms with van der Waals surface area (Å²) in [6.45, 7) is 2.86. The number of carbonyl (C=O) groups is 1. The average molecular weight is 272 g/mol. The smallest absolute Gasteiger partial charge is 0.234 e. The first-order valence-corrected chi connectivity index (χ1v) is 7.27. The third-order valence-corrected chi connectivity index (χ3v) is 4.19. The Morgan fingerprint density at radius 1 is 1.16 bits per heavy atom. The Morgan fingerprint density at radius 3 is 2.53 bits per heavy atom. The molecule has 3 nitrogen and oxygen atoms in total. The highest BCUT2D eigenvalue weighted by Crippen LogP contribution is 2.21. The number of benzene rings is 1. The number of nitrogens with one attached hydrogen (secondary N) is 1. The zero-order valence-corrected chi connectivity index (χ0v) is 11.5. The molecular weight excluding hydrogens is 256 g/mol. The molecule has 0 fully saturated rings. The lowest BCUT2D eigenvalue weighted by atomic mass is 10.1. The van der Waals surface area contributed by atoms with E-state index in [1.807, 2.05) is 17.5 Å². The molecule has 1 amide bonds. The van der Waals surface area contributed by atoms with Gasteiger partial charge in [-0.3, -0.25) is 9.69 Å². The quantitative estimate of drug-likeness (QED) is 0.927. The Kier molecular flexibility index (Phi) is 3.62. The van der Waals surface area contributed by atoms with Crippen molar-refractivity contribution in [3.8, 4) is 0 Å². The van der Waals surface area contributed by atoms with Gasteiger partial charge in [-0.25, -0.2) is 0 Å². The molecule has 0 bridgehead atoms. The van der Waals surface area contributed by atoms with E-state index < -0.39 is 0 Å². The molecule has 1 N–H and O–H groups in total. The molecule has 98 valence electrons. The molecule has 0 unspecified atom stereocenters. The van der Waals surface area contributed by atoms with Crippen molar-refractivity contribution < 1.29 is 4.79 Å². The third-order valence-electron chi connectivity index (χ3n) is 3.31. The predicted octanol–water partition coefficient (Wildman–Crippen LogP) is 2.38. The van der Waals surface area contributed by atoms with Gasteiger partial charge in [-0.15, -0.1) is 11.3 Å². The van der Waals surface area contributed by atoms with Gasteiger partial charge in [0.1, 0.15) is 0 Å². The van der Waals surface area contributed by atoms with Gasteiger partial charge in [0.25, 0.3) is 0 Å². The Bertz CT molecular complexity index is 540. The highest BCUT2D eigenvalue weighted by Gasteiger charge is 2.19. The predicted molar refractivity (Wildman–Crippen MR) is 76.7 cm³/mol. The molecule has 3 rings (SSSR count). The normalized spacial score (nSPS) is 14.3. The van der Waals surface area contributed by atoms with Gasteiger partial charge in [-0.1, -0.05) is 30.3 Å². The Morgan fingerprint density at radius 2 is 1.89 bits per heavy atom. The van der Waals surface area contributed by atoms with Gasteiger partial charge in [0.2, 0.25) is 5.91 Å². The molecule has 0 spiro atoms. The Hall–Kier alpha value is -1.65. The van der Waals surface area contributed by atoms with Crippen molar-refractivity contribution >= 4 is 17.2 Å². The van der Waals surface area contributed by atoms with Gasteiger partial charge >= 0.3 is 0 Å². The summed E-state index contributed by atoms with van der Waals surface area (Å²) in [5.41, 5.74) is 2.68. The van der Waals surface area contributed by atoms with E-state index in [1.165, 1.54) is 16.0 Å². The topological polar surface area (TPSA) is 32.3 Å². The number of hydrogen-bond acceptors (Lipinski definition) is 3. The fraction of sp³-hybridized carbons (Fsp3) is 0.267. The number of fused-ring (bicyclic) bond motifs is 1. The summed E-state index contributed by atoms with van der Waals surface area (Å²) < 4.78 is 0. The molecule has 4 heteroatoms. The maximum absolute atomic E-state index is 11.9. The molecular formula is C15H16N2OS. The van der Waals surface area contributed by atoms with Crippen molar-refractivity contribution in [3.63, 3.8) is 0 Å². The number of hydrogen-bond donors (Lipinski definition) is 1. The van der Waals surface area contributed by atoms with Crippen LogP contribution in [0.15, 0.2) is 41.8 Å². The van der Waals surface area contributed by atoms with E-state index in [0.717, 1.165) is 13.1 Å². The second kappa shape index (κ2) is 5.55. The Balaban J connectivity index is 1.49. The monoisotopic (exact) mass is 272 g/mol. The fourth-order valence-electron chi connectivity index (χ4n) is 2.37. The van der Waals surface area contributed by atoms with Crippen LogP contribution in [0.1, 0.15) is 16.0 Å². The largest absolute Gasteiger partial charge is 0.350 e. The lowest BCUT2D eigenvalue weighted by Crippen LogP contribution is -2.34. The average Bonchev–Trinajstić information content (AvgIpc) is 3.04. The number of amides is 1. The third kappa shape index (κ3) is 3.03. The van der Waals surface area contributed by atoms with Gasteiger partial charge in [0, 0.05) is 18.0 Å². The van der Waals surface area contributed by atoms with E-state index in [0.29, 0.717) is 13.1 Å². The first kappa shape index (κ1) is 12.4. The minimum Gasteiger partial charge on any atom is -0.350 e. The summed E-state index contributed by atoms with van der Waals surface area (Å²) in [5.74, 6) is 0.0983. The van der Waals surface area contributed by atoms with E-state index in [2.05, 4.69) is 34.5 Å². The van der Waals surface area contributed by atoms with Gasteiger partial charge in [-0.05, 0) is 22.6 Å². The summed E-state index contributed by atoms with van der Waals surface area (Å²) in [6.07, 6.45) is 0. The number of nitrogens with zero attached hydrogens (tertiary/aromatic N) is 1. The van der Waals surface area contributed by atoms with E-state index in [9.17, 15) is 4.79 Å². The molecule has 0 aliphatic carbocycles. The van der Waals surface area contributed by atoms with Crippen LogP contribution in [0.5, 0.6) is 0 Å². The van der Waals surface area contributed by atoms with Gasteiger partial charge in [0.05, 0.1) is 13.1 Å².